The van der Waals surface area contributed by atoms with E-state index in [1.165, 1.54) is 279 Å². The molecule has 14 rings (SSSR count). The van der Waals surface area contributed by atoms with Gasteiger partial charge >= 0.3 is 93.7 Å². The van der Waals surface area contributed by atoms with Crippen LogP contribution >= 0.6 is 16.1 Å². The lowest BCUT2D eigenvalue weighted by Gasteiger charge is -2.49. The zero-order valence-electron chi connectivity index (χ0n) is 74.6. The highest BCUT2D eigenvalue weighted by Crippen LogP contribution is 2.50. The van der Waals surface area contributed by atoms with E-state index in [4.69, 9.17) is 104 Å². The maximum atomic E-state index is 16.1. The number of esters is 13. The molecule has 41 heteroatoms. The Morgan fingerprint density at radius 2 is 0.475 bits per heavy atom. The monoisotopic (exact) mass is 1970 g/mol. The average Bonchev–Trinajstić information content (AvgIpc) is 0.759. The number of phosphoric ester groups is 1. The van der Waals surface area contributed by atoms with Gasteiger partial charge in [-0.1, -0.05) is 182 Å². The van der Waals surface area contributed by atoms with Crippen LogP contribution < -0.4 is 4.89 Å². The number of hydrogen-bond donors (Lipinski definition) is 1. The van der Waals surface area contributed by atoms with Crippen molar-refractivity contribution in [2.75, 3.05) is 26.4 Å². The van der Waals surface area contributed by atoms with Crippen LogP contribution in [0, 0.1) is 0 Å². The van der Waals surface area contributed by atoms with Crippen LogP contribution in [0.5, 0.6) is 0 Å². The third kappa shape index (κ3) is 27.4. The number of benzene rings is 10. The summed E-state index contributed by atoms with van der Waals surface area (Å²) in [4.78, 5) is 215. The predicted molar refractivity (Wildman–Crippen MR) is 476 cm³/mol. The Labute approximate surface area is 803 Å². The maximum Gasteiger partial charge on any atom is 0.491 e. The third-order valence-electron chi connectivity index (χ3n) is 21.6. The highest BCUT2D eigenvalue weighted by atomic mass is 31.2. The topological polar surface area (TPSA) is 502 Å². The van der Waals surface area contributed by atoms with E-state index in [1.54, 1.807) is 24.3 Å². The molecule has 0 spiro atoms. The number of hydrogen-bond acceptors (Lipinski definition) is 38. The number of carbonyl (C=O) groups is 13. The van der Waals surface area contributed by atoms with Gasteiger partial charge in [-0.25, -0.2) is 52.5 Å². The van der Waals surface area contributed by atoms with Gasteiger partial charge in [0.25, 0.3) is 6.29 Å². The largest absolute Gasteiger partial charge is 0.566 e. The Bertz CT molecular complexity index is 6050. The first-order valence-electron chi connectivity index (χ1n) is 43.5. The van der Waals surface area contributed by atoms with Gasteiger partial charge < -0.3 is 99.8 Å². The van der Waals surface area contributed by atoms with E-state index in [1.807, 2.05) is 0 Å². The summed E-state index contributed by atoms with van der Waals surface area (Å²) in [5.74, 6) is -15.8. The molecule has 1 N–H and O–H groups in total. The van der Waals surface area contributed by atoms with Crippen molar-refractivity contribution in [3.05, 3.63) is 359 Å². The van der Waals surface area contributed by atoms with Gasteiger partial charge in [-0.15, -0.1) is 4.52 Å². The Morgan fingerprint density at radius 1 is 0.262 bits per heavy atom. The van der Waals surface area contributed by atoms with Crippen LogP contribution in [0.25, 0.3) is 0 Å². The molecule has 4 aliphatic heterocycles. The summed E-state index contributed by atoms with van der Waals surface area (Å²) in [5, 5.41) is 0. The molecule has 141 heavy (non-hydrogen) atoms. The zero-order valence-corrected chi connectivity index (χ0v) is 76.4. The molecule has 732 valence electrons. The van der Waals surface area contributed by atoms with E-state index < -0.39 is 243 Å². The average molecular weight is 1980 g/mol. The quantitative estimate of drug-likeness (QED) is 0.0215. The normalized spacial score (nSPS) is 24.5. The van der Waals surface area contributed by atoms with Crippen molar-refractivity contribution in [3.63, 3.8) is 0 Å². The van der Waals surface area contributed by atoms with Crippen LogP contribution in [-0.2, 0) is 127 Å². The highest BCUT2D eigenvalue weighted by molar-refractivity contribution is 7.47. The van der Waals surface area contributed by atoms with Crippen LogP contribution in [0.15, 0.2) is 303 Å². The van der Waals surface area contributed by atoms with Gasteiger partial charge in [0.15, 0.2) is 86.0 Å². The molecule has 0 bridgehead atoms. The van der Waals surface area contributed by atoms with Crippen molar-refractivity contribution in [2.45, 2.75) is 144 Å². The molecule has 22 atom stereocenters. The summed E-state index contributed by atoms with van der Waals surface area (Å²) in [6.07, 6.45) is -47.2. The van der Waals surface area contributed by atoms with Crippen molar-refractivity contribution >= 4 is 93.7 Å². The van der Waals surface area contributed by atoms with E-state index in [0.29, 0.717) is 0 Å². The summed E-state index contributed by atoms with van der Waals surface area (Å²) in [6, 6.07) is 70.4. The lowest BCUT2D eigenvalue weighted by Crippen LogP contribution is -2.67. The smallest absolute Gasteiger partial charge is 0.491 e. The van der Waals surface area contributed by atoms with Gasteiger partial charge in [0.05, 0.1) is 62.2 Å². The number of rotatable bonds is 37. The Balaban J connectivity index is 0.922. The molecule has 0 radical (unpaired) electrons. The molecule has 4 fully saturated rings. The fraction of sp³-hybridized carbons (Fsp3) is 0.270. The summed E-state index contributed by atoms with van der Waals surface area (Å²) in [6.45, 7) is -2.10. The summed E-state index contributed by atoms with van der Waals surface area (Å²) < 4.78 is 166. The van der Waals surface area contributed by atoms with Crippen molar-refractivity contribution in [3.8, 4) is 0 Å². The number of phosphoric acid groups is 1. The number of ether oxygens (including phenoxy) is 19. The van der Waals surface area contributed by atoms with E-state index in [0.717, 1.165) is 20.8 Å². The van der Waals surface area contributed by atoms with Gasteiger partial charge in [-0.3, -0.25) is 23.4 Å². The van der Waals surface area contributed by atoms with Crippen LogP contribution in [0.2, 0.25) is 0 Å². The fourth-order valence-electron chi connectivity index (χ4n) is 15.2. The molecule has 0 aromatic heterocycles. The Kier molecular flexibility index (Phi) is 35.2. The summed E-state index contributed by atoms with van der Waals surface area (Å²) >= 11 is 0. The van der Waals surface area contributed by atoms with Crippen LogP contribution in [-0.4, -0.2) is 232 Å². The maximum absolute atomic E-state index is 16.1. The summed E-state index contributed by atoms with van der Waals surface area (Å²) in [7, 11) is -10.5. The minimum atomic E-state index is -6.44. The molecule has 0 saturated carbocycles. The third-order valence-corrected chi connectivity index (χ3v) is 23.0. The molecule has 4 heterocycles. The highest BCUT2D eigenvalue weighted by Gasteiger charge is 2.63. The lowest BCUT2D eigenvalue weighted by atomic mass is 9.95. The van der Waals surface area contributed by atoms with E-state index in [-0.39, 0.29) is 55.6 Å². The van der Waals surface area contributed by atoms with Crippen molar-refractivity contribution < 1.29 is 185 Å². The molecule has 10 aromatic rings. The SMILES string of the molecule is CC(=O)OC[C@H]1O[C@H](OP(=O)(O)OC[C@H]2O[C@@H](O[C@H]3[C@H](OC(=O)c4ccccc4)[C@H](OC(=O)c4ccccc4)[C@@H](O[P+](=O)[O-])O[C@@H]3COC(=O)c3ccccc3)[C@H](OC(=O)c3ccccc3)[C@@H](OC(=O)c3ccccc3)[C@H]2OC(=O)c2ccccc2)[C@@H](O[C@H]2O[C@H](COC(=O)c3ccccc3)[C@@H](OC(=O)c3ccccc3)[C@H](OC(=O)c3ccccc3)[C@@H]2OC(=O)c2ccccc2)[C@@H](OC(C)=O)[C@@H]1OC(C)=O. The molecular formula is C100H88O39P2. The molecule has 4 saturated heterocycles. The van der Waals surface area contributed by atoms with Gasteiger partial charge in [0.2, 0.25) is 0 Å². The first-order chi connectivity index (χ1) is 68.1. The zero-order chi connectivity index (χ0) is 99.6. The molecule has 39 nitrogen and oxygen atoms in total. The van der Waals surface area contributed by atoms with Crippen molar-refractivity contribution in [2.24, 2.45) is 0 Å². The molecule has 10 aromatic carbocycles. The second-order valence-corrected chi connectivity index (χ2v) is 33.4. The second-order valence-electron chi connectivity index (χ2n) is 31.3. The van der Waals surface area contributed by atoms with E-state index in [9.17, 15) is 52.7 Å². The molecular weight excluding hydrogens is 1890 g/mol. The van der Waals surface area contributed by atoms with E-state index in [2.05, 4.69) is 0 Å². The first-order valence-corrected chi connectivity index (χ1v) is 46.1. The Hall–Kier alpha value is -14.8. The molecule has 4 aliphatic rings. The minimum absolute atomic E-state index is 0.0462. The molecule has 0 amide bonds. The molecule has 0 aliphatic carbocycles. The van der Waals surface area contributed by atoms with Crippen molar-refractivity contribution in [1.82, 2.24) is 0 Å². The van der Waals surface area contributed by atoms with Crippen LogP contribution in [0.3, 0.4) is 0 Å². The van der Waals surface area contributed by atoms with Gasteiger partial charge in [0.1, 0.15) is 50.3 Å². The van der Waals surface area contributed by atoms with Crippen LogP contribution in [0.1, 0.15) is 124 Å². The van der Waals surface area contributed by atoms with Gasteiger partial charge in [0, 0.05) is 20.8 Å². The molecule has 2 unspecified atom stereocenters. The second kappa shape index (κ2) is 48.7. The van der Waals surface area contributed by atoms with Crippen molar-refractivity contribution in [1.29, 1.82) is 0 Å². The first kappa shape index (κ1) is 102. The fourth-order valence-corrected chi connectivity index (χ4v) is 16.3. The minimum Gasteiger partial charge on any atom is -0.566 e. The van der Waals surface area contributed by atoms with Gasteiger partial charge in [-0.05, 0) is 126 Å². The van der Waals surface area contributed by atoms with E-state index >= 15 is 28.5 Å². The van der Waals surface area contributed by atoms with Gasteiger partial charge in [-0.2, -0.15) is 0 Å². The Morgan fingerprint density at radius 3 is 0.766 bits per heavy atom. The lowest BCUT2D eigenvalue weighted by molar-refractivity contribution is -0.358. The van der Waals surface area contributed by atoms with Crippen LogP contribution in [0.4, 0.5) is 0 Å². The standard InChI is InChI=1S/C100H88O39P2/c1-58(101)118-54-71-75(122-59(2)102)79(123-60(3)103)86(137-98-84(134-95(112)69-50-30-12-31-51-69)80(130-91(108)65-42-22-8-23-43-65)76(128-89(106)63-38-18-6-19-39-63)72(124-98)55-119-87(104)61-34-14-4-15-35-61)100(127-71)139-141(116,117)121-57-74-77(129-90(107)64-40-20-7-21-41-64)81(131-92(109)66-44-24-9-25-45-66)83(133-94(111)68-48-28-11-29-49-68)97(125-74)136-78-73(56-120-88(105)62-36-16-5-17-37-62)126-99(138-140(114)115)85(135-96(113)70-52-32-13-33-53-70)82(78)132-93(110)67-46-26-10-27-47-67/h4-53,71-86,97-100H,54-57H2,1-3H3,(H,116,117)/t71-,72-,73-,74-,75-,76-,77+,78-,79+,80+,81+,82+,83-,84+,85+,86+,97+,98-,99-,100-/m1/s1. The predicted octanol–water partition coefficient (Wildman–Crippen LogP) is 10.8. The summed E-state index contributed by atoms with van der Waals surface area (Å²) in [5.41, 5.74) is -1.90. The number of carbonyl (C=O) groups excluding carboxylic acids is 13.